The Morgan fingerprint density at radius 1 is 1.50 bits per heavy atom. The summed E-state index contributed by atoms with van der Waals surface area (Å²) < 4.78 is 7.20. The van der Waals surface area contributed by atoms with Crippen molar-refractivity contribution in [2.24, 2.45) is 0 Å². The summed E-state index contributed by atoms with van der Waals surface area (Å²) in [6, 6.07) is 0. The van der Waals surface area contributed by atoms with Gasteiger partial charge < -0.3 is 15.0 Å². The third-order valence-corrected chi connectivity index (χ3v) is 4.12. The van der Waals surface area contributed by atoms with Gasteiger partial charge in [0.1, 0.15) is 0 Å². The van der Waals surface area contributed by atoms with Crippen molar-refractivity contribution < 1.29 is 14.3 Å². The molecule has 0 aliphatic carbocycles. The lowest BCUT2D eigenvalue weighted by Gasteiger charge is -2.11. The molecule has 0 saturated carbocycles. The van der Waals surface area contributed by atoms with E-state index < -0.39 is 0 Å². The second kappa shape index (κ2) is 8.08. The normalized spacial score (nSPS) is 17.5. The van der Waals surface area contributed by atoms with Crippen LogP contribution in [0.2, 0.25) is 0 Å². The number of aromatic nitrogens is 4. The zero-order valence-electron chi connectivity index (χ0n) is 12.7. The molecule has 0 unspecified atom stereocenters. The first-order valence-electron chi connectivity index (χ1n) is 7.03. The first-order valence-corrected chi connectivity index (χ1v) is 8.02. The average Bonchev–Trinajstić information content (AvgIpc) is 3.14. The monoisotopic (exact) mass is 328 g/mol. The number of hydrogen-bond donors (Lipinski definition) is 1. The van der Waals surface area contributed by atoms with Crippen LogP contribution in [-0.2, 0) is 20.9 Å². The first kappa shape index (κ1) is 16.7. The van der Waals surface area contributed by atoms with Crippen molar-refractivity contribution in [3.63, 3.8) is 0 Å². The van der Waals surface area contributed by atoms with Gasteiger partial charge in [-0.3, -0.25) is 9.59 Å². The molecule has 2 heterocycles. The van der Waals surface area contributed by atoms with E-state index in [1.165, 1.54) is 16.7 Å². The fourth-order valence-electron chi connectivity index (χ4n) is 1.91. The van der Waals surface area contributed by atoms with Crippen molar-refractivity contribution in [2.45, 2.75) is 30.6 Å². The van der Waals surface area contributed by atoms with Gasteiger partial charge in [-0.05, 0) is 23.3 Å². The molecule has 122 valence electrons. The molecule has 1 fully saturated rings. The van der Waals surface area contributed by atoms with Crippen LogP contribution in [0.4, 0.5) is 0 Å². The quantitative estimate of drug-likeness (QED) is 0.650. The molecule has 1 aromatic heterocycles. The molecule has 1 atom stereocenters. The molecule has 2 rings (SSSR count). The minimum absolute atomic E-state index is 0.00670. The first-order chi connectivity index (χ1) is 10.6. The van der Waals surface area contributed by atoms with Gasteiger partial charge in [0, 0.05) is 20.7 Å². The van der Waals surface area contributed by atoms with Crippen molar-refractivity contribution in [2.75, 3.05) is 33.0 Å². The third-order valence-electron chi connectivity index (χ3n) is 3.17. The minimum Gasteiger partial charge on any atom is -0.376 e. The molecular formula is C12H20N6O3S. The Labute approximate surface area is 132 Å². The van der Waals surface area contributed by atoms with Crippen LogP contribution in [-0.4, -0.2) is 76.0 Å². The van der Waals surface area contributed by atoms with E-state index in [0.717, 1.165) is 19.4 Å². The number of thioether (sulfide) groups is 1. The molecule has 0 bridgehead atoms. The van der Waals surface area contributed by atoms with Gasteiger partial charge >= 0.3 is 0 Å². The molecule has 2 amide bonds. The van der Waals surface area contributed by atoms with Gasteiger partial charge in [-0.25, -0.2) is 4.68 Å². The fraction of sp³-hybridized carbons (Fsp3) is 0.750. The third kappa shape index (κ3) is 4.95. The number of hydrogen-bond acceptors (Lipinski definition) is 7. The van der Waals surface area contributed by atoms with Crippen molar-refractivity contribution in [3.05, 3.63) is 0 Å². The topological polar surface area (TPSA) is 102 Å². The van der Waals surface area contributed by atoms with E-state index in [1.54, 1.807) is 18.8 Å². The van der Waals surface area contributed by atoms with Crippen LogP contribution in [0.15, 0.2) is 5.16 Å². The number of carbonyl (C=O) groups excluding carboxylic acids is 2. The summed E-state index contributed by atoms with van der Waals surface area (Å²) in [7, 11) is 3.28. The average molecular weight is 328 g/mol. The van der Waals surface area contributed by atoms with Gasteiger partial charge in [-0.15, -0.1) is 5.10 Å². The highest BCUT2D eigenvalue weighted by Gasteiger charge is 2.19. The van der Waals surface area contributed by atoms with Gasteiger partial charge in [0.25, 0.3) is 0 Å². The van der Waals surface area contributed by atoms with Crippen molar-refractivity contribution in [1.29, 1.82) is 0 Å². The van der Waals surface area contributed by atoms with E-state index in [4.69, 9.17) is 4.74 Å². The number of amides is 2. The van der Waals surface area contributed by atoms with Gasteiger partial charge in [0.15, 0.2) is 0 Å². The van der Waals surface area contributed by atoms with Crippen molar-refractivity contribution >= 4 is 23.6 Å². The summed E-state index contributed by atoms with van der Waals surface area (Å²) in [6.07, 6.45) is 2.18. The number of rotatable bonds is 7. The summed E-state index contributed by atoms with van der Waals surface area (Å²) in [4.78, 5) is 24.5. The predicted molar refractivity (Wildman–Crippen MR) is 79.2 cm³/mol. The molecule has 1 aliphatic heterocycles. The van der Waals surface area contributed by atoms with E-state index in [9.17, 15) is 9.59 Å². The van der Waals surface area contributed by atoms with Crippen LogP contribution in [0.1, 0.15) is 12.8 Å². The number of ether oxygens (including phenoxy) is 1. The van der Waals surface area contributed by atoms with Gasteiger partial charge in [0.05, 0.1) is 24.9 Å². The van der Waals surface area contributed by atoms with Crippen LogP contribution in [0.3, 0.4) is 0 Å². The Hall–Kier alpha value is -1.68. The highest BCUT2D eigenvalue weighted by molar-refractivity contribution is 7.99. The van der Waals surface area contributed by atoms with Gasteiger partial charge in [-0.1, -0.05) is 11.8 Å². The summed E-state index contributed by atoms with van der Waals surface area (Å²) in [5, 5.41) is 14.6. The lowest BCUT2D eigenvalue weighted by Crippen LogP contribution is -2.37. The van der Waals surface area contributed by atoms with Gasteiger partial charge in [-0.2, -0.15) is 0 Å². The Bertz CT molecular complexity index is 515. The number of nitrogens with zero attached hydrogens (tertiary/aromatic N) is 5. The number of tetrazole rings is 1. The molecule has 0 aromatic carbocycles. The molecule has 1 N–H and O–H groups in total. The van der Waals surface area contributed by atoms with E-state index >= 15 is 0 Å². The Morgan fingerprint density at radius 2 is 2.32 bits per heavy atom. The lowest BCUT2D eigenvalue weighted by molar-refractivity contribution is -0.130. The van der Waals surface area contributed by atoms with E-state index in [1.807, 2.05) is 0 Å². The molecule has 10 heteroatoms. The number of nitrogens with one attached hydrogen (secondary N) is 1. The van der Waals surface area contributed by atoms with Crippen LogP contribution < -0.4 is 5.32 Å². The molecule has 0 spiro atoms. The number of likely N-dealkylation sites (N-methyl/N-ethyl adjacent to an activating group) is 1. The second-order valence-electron chi connectivity index (χ2n) is 5.13. The predicted octanol–water partition coefficient (Wildman–Crippen LogP) is -0.851. The van der Waals surface area contributed by atoms with E-state index in [0.29, 0.717) is 11.7 Å². The zero-order chi connectivity index (χ0) is 15.9. The molecule has 1 aromatic rings. The summed E-state index contributed by atoms with van der Waals surface area (Å²) >= 11 is 1.24. The molecule has 1 saturated heterocycles. The highest BCUT2D eigenvalue weighted by Crippen LogP contribution is 2.18. The zero-order valence-corrected chi connectivity index (χ0v) is 13.5. The molecule has 9 nitrogen and oxygen atoms in total. The number of carbonyl (C=O) groups is 2. The fourth-order valence-corrected chi connectivity index (χ4v) is 2.63. The molecule has 22 heavy (non-hydrogen) atoms. The van der Waals surface area contributed by atoms with Gasteiger partial charge in [0.2, 0.25) is 17.0 Å². The SMILES string of the molecule is CN(C)C(=O)CNC(=O)CSc1nnnn1C[C@@H]1CCCO1. The summed E-state index contributed by atoms with van der Waals surface area (Å²) in [5.41, 5.74) is 0. The second-order valence-corrected chi connectivity index (χ2v) is 6.07. The van der Waals surface area contributed by atoms with E-state index in [-0.39, 0.29) is 30.2 Å². The van der Waals surface area contributed by atoms with E-state index in [2.05, 4.69) is 20.8 Å². The lowest BCUT2D eigenvalue weighted by atomic mass is 10.2. The summed E-state index contributed by atoms with van der Waals surface area (Å²) in [6.45, 7) is 1.36. The standard InChI is InChI=1S/C12H20N6O3S/c1-17(2)11(20)6-13-10(19)8-22-12-14-15-16-18(12)7-9-4-3-5-21-9/h9H,3-8H2,1-2H3,(H,13,19)/t9-/m0/s1. The van der Waals surface area contributed by atoms with Crippen LogP contribution in [0.5, 0.6) is 0 Å². The molecular weight excluding hydrogens is 308 g/mol. The largest absolute Gasteiger partial charge is 0.376 e. The van der Waals surface area contributed by atoms with Crippen LogP contribution in [0.25, 0.3) is 0 Å². The Kier molecular flexibility index (Phi) is 6.13. The Balaban J connectivity index is 1.75. The van der Waals surface area contributed by atoms with Crippen LogP contribution >= 0.6 is 11.8 Å². The maximum absolute atomic E-state index is 11.7. The Morgan fingerprint density at radius 3 is 3.00 bits per heavy atom. The molecule has 1 aliphatic rings. The minimum atomic E-state index is -0.230. The summed E-state index contributed by atoms with van der Waals surface area (Å²) in [5.74, 6) is -0.222. The maximum Gasteiger partial charge on any atom is 0.241 e. The smallest absolute Gasteiger partial charge is 0.241 e. The van der Waals surface area contributed by atoms with Crippen LogP contribution in [0, 0.1) is 0 Å². The highest BCUT2D eigenvalue weighted by atomic mass is 32.2. The van der Waals surface area contributed by atoms with Crippen molar-refractivity contribution in [1.82, 2.24) is 30.4 Å². The molecule has 0 radical (unpaired) electrons. The maximum atomic E-state index is 11.7. The van der Waals surface area contributed by atoms with Crippen molar-refractivity contribution in [3.8, 4) is 0 Å².